The molecule has 4 heteroatoms. The number of hydrogen-bond acceptors (Lipinski definition) is 2. The fourth-order valence-electron chi connectivity index (χ4n) is 1.68. The van der Waals surface area contributed by atoms with E-state index < -0.39 is 0 Å². The van der Waals surface area contributed by atoms with Crippen LogP contribution in [0.2, 0.25) is 0 Å². The Balaban J connectivity index is 2.28. The van der Waals surface area contributed by atoms with Gasteiger partial charge < -0.3 is 15.5 Å². The summed E-state index contributed by atoms with van der Waals surface area (Å²) >= 11 is 0. The average Bonchev–Trinajstić information content (AvgIpc) is 2.54. The summed E-state index contributed by atoms with van der Waals surface area (Å²) in [6, 6.07) is 0.201. The lowest BCUT2D eigenvalue weighted by molar-refractivity contribution is 0.191. The molecule has 1 rings (SSSR count). The van der Waals surface area contributed by atoms with E-state index in [-0.39, 0.29) is 6.03 Å². The predicted molar refractivity (Wildman–Crippen MR) is 57.1 cm³/mol. The zero-order valence-corrected chi connectivity index (χ0v) is 9.04. The molecule has 2 N–H and O–H groups in total. The van der Waals surface area contributed by atoms with E-state index in [0.29, 0.717) is 6.54 Å². The van der Waals surface area contributed by atoms with Crippen molar-refractivity contribution >= 4 is 6.03 Å². The molecule has 1 heterocycles. The summed E-state index contributed by atoms with van der Waals surface area (Å²) in [5.41, 5.74) is 5.42. The van der Waals surface area contributed by atoms with Crippen molar-refractivity contribution in [2.45, 2.75) is 26.2 Å². The van der Waals surface area contributed by atoms with Gasteiger partial charge in [-0.25, -0.2) is 4.79 Å². The lowest BCUT2D eigenvalue weighted by Gasteiger charge is -2.17. The fraction of sp³-hybridized carbons (Fsp3) is 0.900. The highest BCUT2D eigenvalue weighted by Gasteiger charge is 2.26. The van der Waals surface area contributed by atoms with Gasteiger partial charge in [-0.05, 0) is 19.4 Å². The lowest BCUT2D eigenvalue weighted by atomic mass is 10.3. The summed E-state index contributed by atoms with van der Waals surface area (Å²) < 4.78 is 0. The molecule has 1 aliphatic rings. The summed E-state index contributed by atoms with van der Waals surface area (Å²) in [5.74, 6) is 0. The van der Waals surface area contributed by atoms with E-state index in [9.17, 15) is 4.79 Å². The molecule has 0 unspecified atom stereocenters. The van der Waals surface area contributed by atoms with Gasteiger partial charge in [0.05, 0.1) is 0 Å². The van der Waals surface area contributed by atoms with Crippen LogP contribution in [-0.4, -0.2) is 48.6 Å². The van der Waals surface area contributed by atoms with Crippen molar-refractivity contribution in [1.29, 1.82) is 0 Å². The standard InChI is InChI=1S/C10H21N3O/c1-2-3-6-12-8-9-13(10(12)14)7-4-5-11/h2-9,11H2,1H3. The number of carbonyl (C=O) groups is 1. The third-order valence-corrected chi connectivity index (χ3v) is 2.59. The van der Waals surface area contributed by atoms with Crippen LogP contribution < -0.4 is 5.73 Å². The summed E-state index contributed by atoms with van der Waals surface area (Å²) in [6.07, 6.45) is 3.16. The maximum absolute atomic E-state index is 11.7. The van der Waals surface area contributed by atoms with E-state index in [2.05, 4.69) is 6.92 Å². The maximum atomic E-state index is 11.7. The zero-order chi connectivity index (χ0) is 10.4. The molecule has 1 saturated heterocycles. The van der Waals surface area contributed by atoms with Crippen LogP contribution in [0.4, 0.5) is 4.79 Å². The number of amides is 2. The number of hydrogen-bond donors (Lipinski definition) is 1. The van der Waals surface area contributed by atoms with Crippen LogP contribution in [0.1, 0.15) is 26.2 Å². The Morgan fingerprint density at radius 1 is 1.21 bits per heavy atom. The van der Waals surface area contributed by atoms with Gasteiger partial charge in [0.25, 0.3) is 0 Å². The molecule has 0 spiro atoms. The molecule has 0 radical (unpaired) electrons. The molecule has 0 atom stereocenters. The van der Waals surface area contributed by atoms with Crippen LogP contribution >= 0.6 is 0 Å². The third-order valence-electron chi connectivity index (χ3n) is 2.59. The van der Waals surface area contributed by atoms with Gasteiger partial charge >= 0.3 is 6.03 Å². The molecule has 0 aromatic carbocycles. The van der Waals surface area contributed by atoms with Crippen LogP contribution in [0, 0.1) is 0 Å². The second kappa shape index (κ2) is 5.86. The summed E-state index contributed by atoms with van der Waals surface area (Å²) in [7, 11) is 0. The molecule has 0 aromatic heterocycles. The van der Waals surface area contributed by atoms with Crippen LogP contribution in [0.5, 0.6) is 0 Å². The van der Waals surface area contributed by atoms with Gasteiger partial charge in [0.2, 0.25) is 0 Å². The van der Waals surface area contributed by atoms with Gasteiger partial charge in [-0.2, -0.15) is 0 Å². The van der Waals surface area contributed by atoms with E-state index >= 15 is 0 Å². The van der Waals surface area contributed by atoms with Crippen LogP contribution in [0.25, 0.3) is 0 Å². The molecule has 1 fully saturated rings. The molecule has 1 aliphatic heterocycles. The Morgan fingerprint density at radius 3 is 2.29 bits per heavy atom. The van der Waals surface area contributed by atoms with Crippen LogP contribution in [0.15, 0.2) is 0 Å². The molecule has 2 amide bonds. The molecular formula is C10H21N3O. The molecule has 0 aliphatic carbocycles. The average molecular weight is 199 g/mol. The minimum atomic E-state index is 0.201. The summed E-state index contributed by atoms with van der Waals surface area (Å²) in [6.45, 7) is 6.31. The van der Waals surface area contributed by atoms with E-state index in [1.165, 1.54) is 0 Å². The van der Waals surface area contributed by atoms with Gasteiger partial charge in [0.1, 0.15) is 0 Å². The second-order valence-electron chi connectivity index (χ2n) is 3.75. The summed E-state index contributed by atoms with van der Waals surface area (Å²) in [5, 5.41) is 0. The van der Waals surface area contributed by atoms with Crippen molar-refractivity contribution < 1.29 is 4.79 Å². The van der Waals surface area contributed by atoms with E-state index in [0.717, 1.165) is 45.4 Å². The zero-order valence-electron chi connectivity index (χ0n) is 9.04. The predicted octanol–water partition coefficient (Wildman–Crippen LogP) is 0.873. The minimum Gasteiger partial charge on any atom is -0.330 e. The van der Waals surface area contributed by atoms with E-state index in [1.807, 2.05) is 9.80 Å². The topological polar surface area (TPSA) is 49.6 Å². The van der Waals surface area contributed by atoms with Crippen molar-refractivity contribution in [3.05, 3.63) is 0 Å². The highest BCUT2D eigenvalue weighted by atomic mass is 16.2. The van der Waals surface area contributed by atoms with Crippen molar-refractivity contribution in [3.63, 3.8) is 0 Å². The van der Waals surface area contributed by atoms with Crippen molar-refractivity contribution in [1.82, 2.24) is 9.80 Å². The number of rotatable bonds is 6. The molecule has 4 nitrogen and oxygen atoms in total. The Morgan fingerprint density at radius 2 is 1.79 bits per heavy atom. The third kappa shape index (κ3) is 2.87. The second-order valence-corrected chi connectivity index (χ2v) is 3.75. The monoisotopic (exact) mass is 199 g/mol. The molecular weight excluding hydrogens is 178 g/mol. The summed E-state index contributed by atoms with van der Waals surface area (Å²) in [4.78, 5) is 15.6. The van der Waals surface area contributed by atoms with Crippen molar-refractivity contribution in [2.24, 2.45) is 5.73 Å². The first-order valence-corrected chi connectivity index (χ1v) is 5.53. The SMILES string of the molecule is CCCCN1CCN(CCCN)C1=O. The van der Waals surface area contributed by atoms with Gasteiger partial charge in [0, 0.05) is 26.2 Å². The number of urea groups is 1. The first-order valence-electron chi connectivity index (χ1n) is 5.53. The lowest BCUT2D eigenvalue weighted by Crippen LogP contribution is -2.33. The highest BCUT2D eigenvalue weighted by Crippen LogP contribution is 2.09. The van der Waals surface area contributed by atoms with Gasteiger partial charge in [-0.15, -0.1) is 0 Å². The van der Waals surface area contributed by atoms with Crippen molar-refractivity contribution in [3.8, 4) is 0 Å². The first kappa shape index (κ1) is 11.3. The highest BCUT2D eigenvalue weighted by molar-refractivity contribution is 5.76. The van der Waals surface area contributed by atoms with Crippen LogP contribution in [-0.2, 0) is 0 Å². The Hall–Kier alpha value is -0.770. The fourth-order valence-corrected chi connectivity index (χ4v) is 1.68. The maximum Gasteiger partial charge on any atom is 0.320 e. The molecule has 0 bridgehead atoms. The number of unbranched alkanes of at least 4 members (excludes halogenated alkanes) is 1. The Bertz CT molecular complexity index is 166. The number of nitrogens with two attached hydrogens (primary N) is 1. The van der Waals surface area contributed by atoms with E-state index in [1.54, 1.807) is 0 Å². The smallest absolute Gasteiger partial charge is 0.320 e. The quantitative estimate of drug-likeness (QED) is 0.690. The molecule has 14 heavy (non-hydrogen) atoms. The minimum absolute atomic E-state index is 0.201. The van der Waals surface area contributed by atoms with Gasteiger partial charge in [-0.3, -0.25) is 0 Å². The number of nitrogens with zero attached hydrogens (tertiary/aromatic N) is 2. The normalized spacial score (nSPS) is 16.9. The largest absolute Gasteiger partial charge is 0.330 e. The Labute approximate surface area is 86.0 Å². The molecule has 0 saturated carbocycles. The number of carbonyl (C=O) groups excluding carboxylic acids is 1. The first-order chi connectivity index (χ1) is 6.79. The molecule has 0 aromatic rings. The van der Waals surface area contributed by atoms with Gasteiger partial charge in [0.15, 0.2) is 0 Å². The van der Waals surface area contributed by atoms with E-state index in [4.69, 9.17) is 5.73 Å². The van der Waals surface area contributed by atoms with Gasteiger partial charge in [-0.1, -0.05) is 13.3 Å². The Kier molecular flexibility index (Phi) is 4.73. The molecule has 82 valence electrons. The van der Waals surface area contributed by atoms with Crippen molar-refractivity contribution in [2.75, 3.05) is 32.7 Å². The van der Waals surface area contributed by atoms with Crippen LogP contribution in [0.3, 0.4) is 0 Å².